The first-order chi connectivity index (χ1) is 14.0. The van der Waals surface area contributed by atoms with E-state index in [0.29, 0.717) is 24.6 Å². The molecule has 1 amide bonds. The number of carbonyl (C=O) groups is 1. The number of para-hydroxylation sites is 1. The quantitative estimate of drug-likeness (QED) is 0.364. The van der Waals surface area contributed by atoms with Crippen LogP contribution in [0.3, 0.4) is 0 Å². The number of hydrogen-bond acceptors (Lipinski definition) is 4. The Morgan fingerprint density at radius 3 is 2.77 bits per heavy atom. The standard InChI is InChI=1S/C21H18ClFN4OS.ClH/c1-14-5-2-8-17-19(14)25-21(29-17)27(11-4-10-26-12-9-24-13-26)20(28)18-15(22)6-3-7-16(18)23;/h2-3,5-9,12-13H,4,10-11H2,1H3;1H. The van der Waals surface area contributed by atoms with Crippen molar-refractivity contribution in [2.24, 2.45) is 0 Å². The number of nitrogens with zero attached hydrogens (tertiary/aromatic N) is 4. The molecule has 30 heavy (non-hydrogen) atoms. The van der Waals surface area contributed by atoms with E-state index in [1.165, 1.54) is 34.4 Å². The van der Waals surface area contributed by atoms with Gasteiger partial charge in [-0.25, -0.2) is 14.4 Å². The van der Waals surface area contributed by atoms with Gasteiger partial charge in [-0.1, -0.05) is 41.1 Å². The second kappa shape index (κ2) is 9.55. The van der Waals surface area contributed by atoms with E-state index in [-0.39, 0.29) is 23.0 Å². The Labute approximate surface area is 188 Å². The van der Waals surface area contributed by atoms with E-state index < -0.39 is 11.7 Å². The molecule has 0 aliphatic heterocycles. The average Bonchev–Trinajstić information content (AvgIpc) is 3.35. The third-order valence-corrected chi connectivity index (χ3v) is 5.98. The Morgan fingerprint density at radius 1 is 1.27 bits per heavy atom. The van der Waals surface area contributed by atoms with Crippen LogP contribution < -0.4 is 4.90 Å². The number of amides is 1. The number of anilines is 1. The normalized spacial score (nSPS) is 10.8. The summed E-state index contributed by atoms with van der Waals surface area (Å²) in [5.74, 6) is -1.13. The minimum absolute atomic E-state index is 0. The molecule has 0 aliphatic rings. The van der Waals surface area contributed by atoms with Crippen LogP contribution in [-0.4, -0.2) is 27.0 Å². The monoisotopic (exact) mass is 464 g/mol. The van der Waals surface area contributed by atoms with Crippen LogP contribution >= 0.6 is 35.3 Å². The highest BCUT2D eigenvalue weighted by Gasteiger charge is 2.26. The van der Waals surface area contributed by atoms with Gasteiger partial charge in [0, 0.05) is 25.5 Å². The Kier molecular flexibility index (Phi) is 7.07. The summed E-state index contributed by atoms with van der Waals surface area (Å²) in [7, 11) is 0. The van der Waals surface area contributed by atoms with Crippen molar-refractivity contribution in [3.8, 4) is 0 Å². The summed E-state index contributed by atoms with van der Waals surface area (Å²) in [5, 5.41) is 0.621. The fraction of sp³-hybridized carbons (Fsp3) is 0.190. The van der Waals surface area contributed by atoms with Crippen LogP contribution in [0.15, 0.2) is 55.1 Å². The first-order valence-corrected chi connectivity index (χ1v) is 10.3. The van der Waals surface area contributed by atoms with Crippen LogP contribution in [0.5, 0.6) is 0 Å². The van der Waals surface area contributed by atoms with E-state index in [1.807, 2.05) is 35.9 Å². The van der Waals surface area contributed by atoms with Crippen molar-refractivity contribution < 1.29 is 9.18 Å². The van der Waals surface area contributed by atoms with Gasteiger partial charge in [0.25, 0.3) is 5.91 Å². The third kappa shape index (κ3) is 4.48. The molecule has 0 unspecified atom stereocenters. The van der Waals surface area contributed by atoms with Gasteiger partial charge in [-0.05, 0) is 37.1 Å². The highest BCUT2D eigenvalue weighted by Crippen LogP contribution is 2.32. The zero-order valence-corrected chi connectivity index (χ0v) is 18.5. The summed E-state index contributed by atoms with van der Waals surface area (Å²) in [4.78, 5) is 23.5. The lowest BCUT2D eigenvalue weighted by Gasteiger charge is -2.21. The highest BCUT2D eigenvalue weighted by molar-refractivity contribution is 7.22. The maximum absolute atomic E-state index is 14.4. The van der Waals surface area contributed by atoms with Crippen molar-refractivity contribution in [3.05, 3.63) is 77.1 Å². The molecule has 0 fully saturated rings. The van der Waals surface area contributed by atoms with E-state index in [9.17, 15) is 9.18 Å². The summed E-state index contributed by atoms with van der Waals surface area (Å²) < 4.78 is 17.3. The number of aromatic nitrogens is 3. The molecular formula is C21H19Cl2FN4OS. The maximum atomic E-state index is 14.4. The van der Waals surface area contributed by atoms with Crippen LogP contribution in [0, 0.1) is 12.7 Å². The zero-order chi connectivity index (χ0) is 20.4. The summed E-state index contributed by atoms with van der Waals surface area (Å²) >= 11 is 7.57. The Balaban J connectivity index is 0.00000256. The molecule has 4 rings (SSSR count). The van der Waals surface area contributed by atoms with Crippen molar-refractivity contribution >= 4 is 56.6 Å². The Bertz CT molecular complexity index is 1140. The fourth-order valence-electron chi connectivity index (χ4n) is 3.14. The van der Waals surface area contributed by atoms with Gasteiger partial charge in [0.05, 0.1) is 27.1 Å². The number of hydrogen-bond donors (Lipinski definition) is 0. The molecule has 9 heteroatoms. The minimum Gasteiger partial charge on any atom is -0.337 e. The van der Waals surface area contributed by atoms with E-state index in [4.69, 9.17) is 11.6 Å². The number of thiazole rings is 1. The molecule has 0 radical (unpaired) electrons. The molecule has 2 aromatic heterocycles. The summed E-state index contributed by atoms with van der Waals surface area (Å²) in [6.45, 7) is 3.03. The van der Waals surface area contributed by atoms with Gasteiger partial charge in [0.1, 0.15) is 5.82 Å². The van der Waals surface area contributed by atoms with Crippen molar-refractivity contribution in [1.82, 2.24) is 14.5 Å². The molecule has 156 valence electrons. The number of benzene rings is 2. The van der Waals surface area contributed by atoms with E-state index in [2.05, 4.69) is 9.97 Å². The number of imidazole rings is 1. The first kappa shape index (κ1) is 22.2. The lowest BCUT2D eigenvalue weighted by molar-refractivity contribution is 0.0982. The molecule has 0 aliphatic carbocycles. The van der Waals surface area contributed by atoms with E-state index in [1.54, 1.807) is 12.5 Å². The molecule has 0 bridgehead atoms. The Morgan fingerprint density at radius 2 is 2.07 bits per heavy atom. The predicted molar refractivity (Wildman–Crippen MR) is 122 cm³/mol. The molecule has 2 heterocycles. The molecule has 0 saturated heterocycles. The number of halogens is 3. The van der Waals surface area contributed by atoms with Gasteiger partial charge >= 0.3 is 0 Å². The molecule has 0 saturated carbocycles. The van der Waals surface area contributed by atoms with Gasteiger partial charge in [0.2, 0.25) is 0 Å². The summed E-state index contributed by atoms with van der Waals surface area (Å²) in [5.41, 5.74) is 1.74. The van der Waals surface area contributed by atoms with Crippen LogP contribution in [0.2, 0.25) is 5.02 Å². The van der Waals surface area contributed by atoms with Gasteiger partial charge < -0.3 is 4.57 Å². The molecule has 5 nitrogen and oxygen atoms in total. The van der Waals surface area contributed by atoms with E-state index >= 15 is 0 Å². The minimum atomic E-state index is -0.639. The molecule has 2 aromatic carbocycles. The maximum Gasteiger partial charge on any atom is 0.264 e. The molecule has 0 N–H and O–H groups in total. The first-order valence-electron chi connectivity index (χ1n) is 9.12. The largest absolute Gasteiger partial charge is 0.337 e. The third-order valence-electron chi connectivity index (χ3n) is 4.62. The van der Waals surface area contributed by atoms with Crippen LogP contribution in [0.1, 0.15) is 22.3 Å². The fourth-order valence-corrected chi connectivity index (χ4v) is 4.45. The van der Waals surface area contributed by atoms with Gasteiger partial charge in [-0.2, -0.15) is 0 Å². The number of fused-ring (bicyclic) bond motifs is 1. The molecule has 4 aromatic rings. The van der Waals surface area contributed by atoms with E-state index in [0.717, 1.165) is 15.8 Å². The highest BCUT2D eigenvalue weighted by atomic mass is 35.5. The van der Waals surface area contributed by atoms with Crippen LogP contribution in [0.25, 0.3) is 10.2 Å². The molecule has 0 spiro atoms. The molecular weight excluding hydrogens is 446 g/mol. The number of carbonyl (C=O) groups excluding carboxylic acids is 1. The van der Waals surface area contributed by atoms with Gasteiger partial charge in [-0.15, -0.1) is 12.4 Å². The van der Waals surface area contributed by atoms with Crippen molar-refractivity contribution in [2.45, 2.75) is 19.9 Å². The lowest BCUT2D eigenvalue weighted by atomic mass is 10.2. The number of aryl methyl sites for hydroxylation is 2. The lowest BCUT2D eigenvalue weighted by Crippen LogP contribution is -2.33. The number of rotatable bonds is 6. The SMILES string of the molecule is Cc1cccc2sc(N(CCCn3ccnc3)C(=O)c3c(F)cccc3Cl)nc12.Cl. The van der Waals surface area contributed by atoms with Gasteiger partial charge in [-0.3, -0.25) is 9.69 Å². The second-order valence-corrected chi connectivity index (χ2v) is 8.04. The predicted octanol–water partition coefficient (Wildman–Crippen LogP) is 5.75. The van der Waals surface area contributed by atoms with Gasteiger partial charge in [0.15, 0.2) is 5.13 Å². The molecule has 0 atom stereocenters. The van der Waals surface area contributed by atoms with Crippen molar-refractivity contribution in [1.29, 1.82) is 0 Å². The van der Waals surface area contributed by atoms with Crippen molar-refractivity contribution in [3.63, 3.8) is 0 Å². The van der Waals surface area contributed by atoms with Crippen molar-refractivity contribution in [2.75, 3.05) is 11.4 Å². The van der Waals surface area contributed by atoms with Crippen LogP contribution in [-0.2, 0) is 6.54 Å². The average molecular weight is 465 g/mol. The topological polar surface area (TPSA) is 51.0 Å². The smallest absolute Gasteiger partial charge is 0.264 e. The summed E-state index contributed by atoms with van der Waals surface area (Å²) in [6.07, 6.45) is 5.95. The summed E-state index contributed by atoms with van der Waals surface area (Å²) in [6, 6.07) is 10.1. The second-order valence-electron chi connectivity index (χ2n) is 6.63. The van der Waals surface area contributed by atoms with Crippen LogP contribution in [0.4, 0.5) is 9.52 Å². The zero-order valence-electron chi connectivity index (χ0n) is 16.1. The Hall–Kier alpha value is -2.48.